The number of benzene rings is 1. The van der Waals surface area contributed by atoms with Crippen molar-refractivity contribution in [1.82, 2.24) is 9.55 Å². The molecule has 1 fully saturated rings. The Hall–Kier alpha value is -1.39. The Morgan fingerprint density at radius 2 is 2.16 bits per heavy atom. The summed E-state index contributed by atoms with van der Waals surface area (Å²) in [7, 11) is 2.07. The lowest BCUT2D eigenvalue weighted by Gasteiger charge is -2.10. The second kappa shape index (κ2) is 4.94. The molecule has 19 heavy (non-hydrogen) atoms. The van der Waals surface area contributed by atoms with Gasteiger partial charge in [0, 0.05) is 19.5 Å². The number of hydrogen-bond acceptors (Lipinski definition) is 3. The van der Waals surface area contributed by atoms with E-state index in [0.717, 1.165) is 16.6 Å². The molecule has 1 unspecified atom stereocenters. The highest BCUT2D eigenvalue weighted by Gasteiger charge is 2.22. The number of aryl methyl sites for hydroxylation is 1. The van der Waals surface area contributed by atoms with E-state index in [-0.39, 0.29) is 6.54 Å². The van der Waals surface area contributed by atoms with E-state index in [0.29, 0.717) is 5.92 Å². The fraction of sp³-hybridized carbons (Fsp3) is 0.533. The maximum absolute atomic E-state index is 9.84. The van der Waals surface area contributed by atoms with E-state index in [1.54, 1.807) is 0 Å². The summed E-state index contributed by atoms with van der Waals surface area (Å²) in [6, 6.07) is 5.92. The average Bonchev–Trinajstić information content (AvgIpc) is 3.06. The van der Waals surface area contributed by atoms with Crippen LogP contribution in [0.4, 0.5) is 0 Å². The summed E-state index contributed by atoms with van der Waals surface area (Å²) in [5, 5.41) is 9.84. The van der Waals surface area contributed by atoms with Crippen LogP contribution in [0.1, 0.15) is 49.1 Å². The van der Waals surface area contributed by atoms with Crippen molar-refractivity contribution in [2.24, 2.45) is 12.8 Å². The van der Waals surface area contributed by atoms with Crippen molar-refractivity contribution >= 4 is 11.0 Å². The summed E-state index contributed by atoms with van der Waals surface area (Å²) in [5.74, 6) is 1.78. The number of aromatic nitrogens is 2. The van der Waals surface area contributed by atoms with E-state index in [1.807, 2.05) is 18.2 Å². The van der Waals surface area contributed by atoms with Gasteiger partial charge in [-0.15, -0.1) is 0 Å². The number of nitrogens with zero attached hydrogens (tertiary/aromatic N) is 2. The summed E-state index contributed by atoms with van der Waals surface area (Å²) >= 11 is 0. The number of imidazole rings is 1. The van der Waals surface area contributed by atoms with E-state index in [1.165, 1.54) is 31.5 Å². The van der Waals surface area contributed by atoms with Crippen molar-refractivity contribution in [3.8, 4) is 0 Å². The number of hydrogen-bond donors (Lipinski definition) is 2. The maximum atomic E-state index is 9.84. The molecule has 1 aliphatic rings. The molecule has 3 N–H and O–H groups in total. The zero-order valence-electron chi connectivity index (χ0n) is 11.3. The molecule has 0 spiro atoms. The average molecular weight is 259 g/mol. The monoisotopic (exact) mass is 259 g/mol. The summed E-state index contributed by atoms with van der Waals surface area (Å²) in [6.45, 7) is 0.249. The second-order valence-corrected chi connectivity index (χ2v) is 5.51. The van der Waals surface area contributed by atoms with E-state index in [2.05, 4.69) is 11.6 Å². The standard InChI is InChI=1S/C15H21N3O/c1-18-13-8-11(14(19)9-16)6-7-12(13)17-15(18)10-4-2-3-5-10/h6-8,10,14,19H,2-5,9,16H2,1H3. The van der Waals surface area contributed by atoms with Crippen molar-refractivity contribution in [2.75, 3.05) is 6.54 Å². The second-order valence-electron chi connectivity index (χ2n) is 5.51. The molecular formula is C15H21N3O. The Morgan fingerprint density at radius 1 is 1.42 bits per heavy atom. The molecule has 2 aromatic rings. The predicted octanol–water partition coefficient (Wildman–Crippen LogP) is 2.22. The number of nitrogens with two attached hydrogens (primary N) is 1. The molecule has 102 valence electrons. The highest BCUT2D eigenvalue weighted by Crippen LogP contribution is 2.35. The molecule has 0 radical (unpaired) electrons. The van der Waals surface area contributed by atoms with Gasteiger partial charge in [-0.2, -0.15) is 0 Å². The number of rotatable bonds is 3. The van der Waals surface area contributed by atoms with Crippen LogP contribution in [-0.4, -0.2) is 21.2 Å². The summed E-state index contributed by atoms with van der Waals surface area (Å²) < 4.78 is 2.18. The van der Waals surface area contributed by atoms with E-state index < -0.39 is 6.10 Å². The first kappa shape index (κ1) is 12.6. The fourth-order valence-corrected chi connectivity index (χ4v) is 3.12. The third kappa shape index (κ3) is 2.15. The molecule has 0 saturated heterocycles. The third-order valence-electron chi connectivity index (χ3n) is 4.27. The van der Waals surface area contributed by atoms with Gasteiger partial charge >= 0.3 is 0 Å². The third-order valence-corrected chi connectivity index (χ3v) is 4.27. The molecule has 1 aromatic carbocycles. The fourth-order valence-electron chi connectivity index (χ4n) is 3.12. The molecule has 0 amide bonds. The van der Waals surface area contributed by atoms with Crippen molar-refractivity contribution in [3.63, 3.8) is 0 Å². The Bertz CT molecular complexity index is 584. The van der Waals surface area contributed by atoms with Crippen LogP contribution in [-0.2, 0) is 7.05 Å². The lowest BCUT2D eigenvalue weighted by molar-refractivity contribution is 0.187. The maximum Gasteiger partial charge on any atom is 0.112 e. The van der Waals surface area contributed by atoms with Gasteiger partial charge in [0.25, 0.3) is 0 Å². The first-order valence-corrected chi connectivity index (χ1v) is 7.05. The van der Waals surface area contributed by atoms with Gasteiger partial charge in [0.05, 0.1) is 17.1 Å². The van der Waals surface area contributed by atoms with Crippen LogP contribution in [0.3, 0.4) is 0 Å². The molecule has 0 bridgehead atoms. The van der Waals surface area contributed by atoms with Crippen LogP contribution in [0.2, 0.25) is 0 Å². The zero-order chi connectivity index (χ0) is 13.4. The molecular weight excluding hydrogens is 238 g/mol. The first-order valence-electron chi connectivity index (χ1n) is 7.05. The lowest BCUT2D eigenvalue weighted by Crippen LogP contribution is -2.11. The predicted molar refractivity (Wildman–Crippen MR) is 75.9 cm³/mol. The van der Waals surface area contributed by atoms with E-state index in [4.69, 9.17) is 10.7 Å². The number of fused-ring (bicyclic) bond motifs is 1. The minimum absolute atomic E-state index is 0.249. The van der Waals surface area contributed by atoms with E-state index in [9.17, 15) is 5.11 Å². The van der Waals surface area contributed by atoms with Gasteiger partial charge in [0.2, 0.25) is 0 Å². The minimum Gasteiger partial charge on any atom is -0.387 e. The molecule has 1 atom stereocenters. The molecule has 1 aliphatic carbocycles. The van der Waals surface area contributed by atoms with Gasteiger partial charge in [0.1, 0.15) is 5.82 Å². The van der Waals surface area contributed by atoms with Crippen LogP contribution in [0, 0.1) is 0 Å². The van der Waals surface area contributed by atoms with Gasteiger partial charge in [-0.1, -0.05) is 18.9 Å². The van der Waals surface area contributed by atoms with Gasteiger partial charge < -0.3 is 15.4 Å². The molecule has 1 saturated carbocycles. The number of aliphatic hydroxyl groups excluding tert-OH is 1. The smallest absolute Gasteiger partial charge is 0.112 e. The zero-order valence-corrected chi connectivity index (χ0v) is 11.3. The normalized spacial score (nSPS) is 18.3. The first-order chi connectivity index (χ1) is 9.20. The Kier molecular flexibility index (Phi) is 3.29. The molecule has 1 aromatic heterocycles. The van der Waals surface area contributed by atoms with Crippen molar-refractivity contribution in [1.29, 1.82) is 0 Å². The van der Waals surface area contributed by atoms with Crippen molar-refractivity contribution in [3.05, 3.63) is 29.6 Å². The van der Waals surface area contributed by atoms with Gasteiger partial charge in [-0.05, 0) is 30.5 Å². The highest BCUT2D eigenvalue weighted by atomic mass is 16.3. The molecule has 1 heterocycles. The Morgan fingerprint density at radius 3 is 2.84 bits per heavy atom. The topological polar surface area (TPSA) is 64.1 Å². The molecule has 4 heteroatoms. The van der Waals surface area contributed by atoms with Crippen LogP contribution in [0.25, 0.3) is 11.0 Å². The summed E-state index contributed by atoms with van der Waals surface area (Å²) in [6.07, 6.45) is 4.52. The summed E-state index contributed by atoms with van der Waals surface area (Å²) in [4.78, 5) is 4.77. The van der Waals surface area contributed by atoms with Gasteiger partial charge in [-0.25, -0.2) is 4.98 Å². The van der Waals surface area contributed by atoms with Crippen LogP contribution in [0.5, 0.6) is 0 Å². The highest BCUT2D eigenvalue weighted by molar-refractivity contribution is 5.77. The Labute approximate surface area is 113 Å². The van der Waals surface area contributed by atoms with Gasteiger partial charge in [-0.3, -0.25) is 0 Å². The quantitative estimate of drug-likeness (QED) is 0.888. The van der Waals surface area contributed by atoms with Crippen LogP contribution >= 0.6 is 0 Å². The molecule has 3 rings (SSSR count). The summed E-state index contributed by atoms with van der Waals surface area (Å²) in [5.41, 5.74) is 8.49. The molecule has 4 nitrogen and oxygen atoms in total. The van der Waals surface area contributed by atoms with Crippen molar-refractivity contribution < 1.29 is 5.11 Å². The minimum atomic E-state index is -0.589. The van der Waals surface area contributed by atoms with Crippen molar-refractivity contribution in [2.45, 2.75) is 37.7 Å². The number of aliphatic hydroxyl groups is 1. The van der Waals surface area contributed by atoms with Crippen LogP contribution < -0.4 is 5.73 Å². The lowest BCUT2D eigenvalue weighted by atomic mass is 10.1. The SMILES string of the molecule is Cn1c(C2CCCC2)nc2ccc(C(O)CN)cc21. The Balaban J connectivity index is 2.05. The molecule has 0 aliphatic heterocycles. The van der Waals surface area contributed by atoms with Gasteiger partial charge in [0.15, 0.2) is 0 Å². The van der Waals surface area contributed by atoms with Crippen LogP contribution in [0.15, 0.2) is 18.2 Å². The largest absolute Gasteiger partial charge is 0.387 e. The van der Waals surface area contributed by atoms with E-state index >= 15 is 0 Å².